The van der Waals surface area contributed by atoms with Crippen molar-refractivity contribution in [3.63, 3.8) is 0 Å². The maximum Gasteiger partial charge on any atom is 0.255 e. The third-order valence-corrected chi connectivity index (χ3v) is 2.88. The van der Waals surface area contributed by atoms with E-state index >= 15 is 0 Å². The fourth-order valence-corrected chi connectivity index (χ4v) is 1.76. The molecule has 1 aromatic carbocycles. The zero-order valence-corrected chi connectivity index (χ0v) is 12.1. The van der Waals surface area contributed by atoms with Crippen molar-refractivity contribution in [1.82, 2.24) is 0 Å². The Morgan fingerprint density at radius 3 is 2.55 bits per heavy atom. The number of nitrogens with zero attached hydrogens (tertiary/aromatic N) is 2. The van der Waals surface area contributed by atoms with Crippen LogP contribution in [-0.4, -0.2) is 19.6 Å². The van der Waals surface area contributed by atoms with Gasteiger partial charge in [-0.15, -0.1) is 0 Å². The first-order chi connectivity index (χ1) is 9.51. The summed E-state index contributed by atoms with van der Waals surface area (Å²) in [6, 6.07) is 6.68. The summed E-state index contributed by atoms with van der Waals surface area (Å²) < 4.78 is 10.9. The summed E-state index contributed by atoms with van der Waals surface area (Å²) in [6.07, 6.45) is 1.41. The highest BCUT2D eigenvalue weighted by Crippen LogP contribution is 2.34. The van der Waals surface area contributed by atoms with E-state index in [-0.39, 0.29) is 12.2 Å². The van der Waals surface area contributed by atoms with E-state index in [0.29, 0.717) is 21.5 Å². The number of nitrogens with two attached hydrogens (primary N) is 1. The summed E-state index contributed by atoms with van der Waals surface area (Å²) in [5.41, 5.74) is 5.54. The lowest BCUT2D eigenvalue weighted by molar-refractivity contribution is -0.119. The average molecular weight is 336 g/mol. The van der Waals surface area contributed by atoms with E-state index in [1.165, 1.54) is 13.2 Å². The van der Waals surface area contributed by atoms with Crippen molar-refractivity contribution in [2.75, 3.05) is 13.7 Å². The Hall–Kier alpha value is -2.51. The van der Waals surface area contributed by atoms with Gasteiger partial charge in [0.25, 0.3) is 5.91 Å². The predicted molar refractivity (Wildman–Crippen MR) is 74.6 cm³/mol. The number of allylic oxidation sites excluding steroid dienone is 1. The zero-order chi connectivity index (χ0) is 15.1. The van der Waals surface area contributed by atoms with Crippen LogP contribution in [0.15, 0.2) is 22.2 Å². The van der Waals surface area contributed by atoms with Gasteiger partial charge in [-0.3, -0.25) is 4.79 Å². The van der Waals surface area contributed by atoms with Crippen molar-refractivity contribution in [2.24, 2.45) is 5.73 Å². The second-order valence-electron chi connectivity index (χ2n) is 3.56. The molecule has 0 aliphatic heterocycles. The predicted octanol–water partition coefficient (Wildman–Crippen LogP) is 1.75. The van der Waals surface area contributed by atoms with E-state index in [9.17, 15) is 4.79 Å². The van der Waals surface area contributed by atoms with E-state index in [1.54, 1.807) is 24.3 Å². The largest absolute Gasteiger partial charge is 0.493 e. The maximum atomic E-state index is 10.7. The van der Waals surface area contributed by atoms with Gasteiger partial charge in [-0.25, -0.2) is 0 Å². The van der Waals surface area contributed by atoms with Crippen LogP contribution < -0.4 is 15.2 Å². The summed E-state index contributed by atoms with van der Waals surface area (Å²) in [5, 5.41) is 17.5. The highest BCUT2D eigenvalue weighted by atomic mass is 79.9. The Labute approximate surface area is 124 Å². The normalized spacial score (nSPS) is 9.00. The number of carbonyl (C=O) groups excluding carboxylic acids is 1. The molecule has 0 spiro atoms. The average Bonchev–Trinajstić information content (AvgIpc) is 2.43. The number of rotatable bonds is 5. The van der Waals surface area contributed by atoms with E-state index in [2.05, 4.69) is 15.9 Å². The monoisotopic (exact) mass is 335 g/mol. The topological polar surface area (TPSA) is 109 Å². The Morgan fingerprint density at radius 1 is 1.40 bits per heavy atom. The standard InChI is InChI=1S/C13H10BrN3O3/c1-19-11-3-9(2-8(5-15)6-16)10(14)4-12(11)20-7-13(17)18/h2-4H,7H2,1H3,(H2,17,18). The molecule has 1 amide bonds. The van der Waals surface area contributed by atoms with Crippen molar-refractivity contribution in [3.8, 4) is 23.6 Å². The van der Waals surface area contributed by atoms with E-state index < -0.39 is 5.91 Å². The Morgan fingerprint density at radius 2 is 2.05 bits per heavy atom. The highest BCUT2D eigenvalue weighted by Gasteiger charge is 2.11. The van der Waals surface area contributed by atoms with Crippen LogP contribution in [0.2, 0.25) is 0 Å². The lowest BCUT2D eigenvalue weighted by atomic mass is 10.1. The molecule has 0 saturated carbocycles. The molecule has 6 nitrogen and oxygen atoms in total. The lowest BCUT2D eigenvalue weighted by Gasteiger charge is -2.11. The van der Waals surface area contributed by atoms with Gasteiger partial charge in [0.05, 0.1) is 7.11 Å². The molecule has 1 aromatic rings. The number of amides is 1. The van der Waals surface area contributed by atoms with Crippen LogP contribution in [0.1, 0.15) is 5.56 Å². The minimum Gasteiger partial charge on any atom is -0.493 e. The number of nitriles is 2. The van der Waals surface area contributed by atoms with Crippen LogP contribution in [0.4, 0.5) is 0 Å². The van der Waals surface area contributed by atoms with Gasteiger partial charge in [0.2, 0.25) is 0 Å². The molecule has 0 aliphatic carbocycles. The molecule has 0 aromatic heterocycles. The van der Waals surface area contributed by atoms with Crippen LogP contribution in [0, 0.1) is 22.7 Å². The SMILES string of the molecule is COc1cc(C=C(C#N)C#N)c(Br)cc1OCC(N)=O. The molecule has 0 atom stereocenters. The van der Waals surface area contributed by atoms with Gasteiger partial charge < -0.3 is 15.2 Å². The number of benzene rings is 1. The van der Waals surface area contributed by atoms with Gasteiger partial charge >= 0.3 is 0 Å². The maximum absolute atomic E-state index is 10.7. The molecular formula is C13H10BrN3O3. The van der Waals surface area contributed by atoms with Crippen LogP contribution in [0.25, 0.3) is 6.08 Å². The molecule has 0 bridgehead atoms. The van der Waals surface area contributed by atoms with Gasteiger partial charge in [-0.1, -0.05) is 15.9 Å². The highest BCUT2D eigenvalue weighted by molar-refractivity contribution is 9.10. The number of ether oxygens (including phenoxy) is 2. The molecule has 20 heavy (non-hydrogen) atoms. The summed E-state index contributed by atoms with van der Waals surface area (Å²) in [6.45, 7) is -0.278. The number of carbonyl (C=O) groups is 1. The molecule has 0 saturated heterocycles. The fraction of sp³-hybridized carbons (Fsp3) is 0.154. The first-order valence-electron chi connectivity index (χ1n) is 5.32. The molecule has 7 heteroatoms. The lowest BCUT2D eigenvalue weighted by Crippen LogP contribution is -2.20. The first kappa shape index (κ1) is 15.5. The van der Waals surface area contributed by atoms with Gasteiger partial charge in [0, 0.05) is 4.47 Å². The molecular weight excluding hydrogens is 326 g/mol. The number of primary amides is 1. The summed E-state index contributed by atoms with van der Waals surface area (Å²) in [5.74, 6) is 0.0742. The van der Waals surface area contributed by atoms with Crippen molar-refractivity contribution in [2.45, 2.75) is 0 Å². The molecule has 0 aliphatic rings. The molecule has 0 fully saturated rings. The minimum absolute atomic E-state index is 0.0430. The fourth-order valence-electron chi connectivity index (χ4n) is 1.33. The molecule has 1 rings (SSSR count). The van der Waals surface area contributed by atoms with Gasteiger partial charge in [-0.05, 0) is 23.8 Å². The van der Waals surface area contributed by atoms with E-state index in [0.717, 1.165) is 0 Å². The molecule has 102 valence electrons. The Kier molecular flexibility index (Phi) is 5.57. The third kappa shape index (κ3) is 4.01. The second-order valence-corrected chi connectivity index (χ2v) is 4.42. The van der Waals surface area contributed by atoms with Crippen molar-refractivity contribution in [3.05, 3.63) is 27.7 Å². The summed E-state index contributed by atoms with van der Waals surface area (Å²) in [7, 11) is 1.43. The first-order valence-corrected chi connectivity index (χ1v) is 6.11. The molecule has 2 N–H and O–H groups in total. The van der Waals surface area contributed by atoms with Crippen molar-refractivity contribution in [1.29, 1.82) is 10.5 Å². The van der Waals surface area contributed by atoms with Crippen LogP contribution in [-0.2, 0) is 4.79 Å². The Bertz CT molecular complexity index is 625. The molecule has 0 heterocycles. The molecule has 0 radical (unpaired) electrons. The van der Waals surface area contributed by atoms with Gasteiger partial charge in [0.1, 0.15) is 17.7 Å². The van der Waals surface area contributed by atoms with Crippen molar-refractivity contribution < 1.29 is 14.3 Å². The smallest absolute Gasteiger partial charge is 0.255 e. The quantitative estimate of drug-likeness (QED) is 0.824. The second kappa shape index (κ2) is 7.17. The number of halogens is 1. The number of methoxy groups -OCH3 is 1. The third-order valence-electron chi connectivity index (χ3n) is 2.19. The van der Waals surface area contributed by atoms with E-state index in [4.69, 9.17) is 25.7 Å². The Balaban J connectivity index is 3.20. The van der Waals surface area contributed by atoms with Crippen LogP contribution in [0.5, 0.6) is 11.5 Å². The summed E-state index contributed by atoms with van der Waals surface area (Å²) >= 11 is 3.29. The van der Waals surface area contributed by atoms with E-state index in [1.807, 2.05) is 0 Å². The van der Waals surface area contributed by atoms with Crippen LogP contribution >= 0.6 is 15.9 Å². The van der Waals surface area contributed by atoms with Crippen LogP contribution in [0.3, 0.4) is 0 Å². The van der Waals surface area contributed by atoms with Gasteiger partial charge in [0.15, 0.2) is 18.1 Å². The zero-order valence-electron chi connectivity index (χ0n) is 10.5. The number of hydrogen-bond acceptors (Lipinski definition) is 5. The minimum atomic E-state index is -0.608. The van der Waals surface area contributed by atoms with Gasteiger partial charge in [-0.2, -0.15) is 10.5 Å². The summed E-state index contributed by atoms with van der Waals surface area (Å²) in [4.78, 5) is 10.7. The number of hydrogen-bond donors (Lipinski definition) is 1. The van der Waals surface area contributed by atoms with Crippen molar-refractivity contribution >= 4 is 27.9 Å². The molecule has 0 unspecified atom stereocenters.